The maximum atomic E-state index is 12.4. The molecule has 0 aliphatic rings. The Morgan fingerprint density at radius 2 is 1.95 bits per heavy atom. The zero-order chi connectivity index (χ0) is 16.2. The molecule has 1 rings (SSSR count). The predicted octanol–water partition coefficient (Wildman–Crippen LogP) is 0.421. The summed E-state index contributed by atoms with van der Waals surface area (Å²) in [5, 5.41) is 11.5. The second-order valence-corrected chi connectivity index (χ2v) is 7.21. The molecule has 6 nitrogen and oxygen atoms in total. The lowest BCUT2D eigenvalue weighted by molar-refractivity contribution is -0.121. The first-order valence-corrected chi connectivity index (χ1v) is 8.07. The summed E-state index contributed by atoms with van der Waals surface area (Å²) in [5.41, 5.74) is 1.88. The van der Waals surface area contributed by atoms with Crippen LogP contribution in [0.5, 0.6) is 0 Å². The average Bonchev–Trinajstić information content (AvgIpc) is 2.39. The van der Waals surface area contributed by atoms with Gasteiger partial charge >= 0.3 is 0 Å². The Hall–Kier alpha value is -1.44. The van der Waals surface area contributed by atoms with E-state index in [0.717, 1.165) is 15.4 Å². The first-order chi connectivity index (χ1) is 9.64. The van der Waals surface area contributed by atoms with Gasteiger partial charge in [-0.15, -0.1) is 0 Å². The molecule has 0 saturated carbocycles. The topological polar surface area (TPSA) is 86.7 Å². The highest BCUT2D eigenvalue weighted by molar-refractivity contribution is 7.89. The lowest BCUT2D eigenvalue weighted by Crippen LogP contribution is -2.40. The summed E-state index contributed by atoms with van der Waals surface area (Å²) in [6.45, 7) is 5.08. The van der Waals surface area contributed by atoms with Crippen LogP contribution in [-0.2, 0) is 14.8 Å². The number of nitrogens with one attached hydrogen (secondary N) is 1. The summed E-state index contributed by atoms with van der Waals surface area (Å²) in [6, 6.07) is 4.86. The Kier molecular flexibility index (Phi) is 5.88. The Balaban J connectivity index is 2.82. The van der Waals surface area contributed by atoms with Crippen LogP contribution in [0.15, 0.2) is 23.1 Å². The lowest BCUT2D eigenvalue weighted by atomic mass is 10.1. The second-order valence-electron chi connectivity index (χ2n) is 5.16. The molecule has 0 bridgehead atoms. The number of hydrogen-bond donors (Lipinski definition) is 2. The third-order valence-corrected chi connectivity index (χ3v) is 4.95. The number of carbonyl (C=O) groups excluding carboxylic acids is 1. The van der Waals surface area contributed by atoms with Crippen molar-refractivity contribution in [3.05, 3.63) is 29.3 Å². The summed E-state index contributed by atoms with van der Waals surface area (Å²) in [6.07, 6.45) is -0.671. The average molecular weight is 314 g/mol. The molecule has 0 aliphatic carbocycles. The number of aryl methyl sites for hydroxylation is 2. The van der Waals surface area contributed by atoms with E-state index in [2.05, 4.69) is 5.32 Å². The van der Waals surface area contributed by atoms with E-state index in [1.54, 1.807) is 12.1 Å². The maximum absolute atomic E-state index is 12.4. The van der Waals surface area contributed by atoms with E-state index in [-0.39, 0.29) is 18.0 Å². The van der Waals surface area contributed by atoms with Crippen molar-refractivity contribution in [1.82, 2.24) is 9.62 Å². The lowest BCUT2D eigenvalue weighted by Gasteiger charge is -2.18. The van der Waals surface area contributed by atoms with Gasteiger partial charge in [-0.3, -0.25) is 4.79 Å². The van der Waals surface area contributed by atoms with Crippen LogP contribution in [0, 0.1) is 13.8 Å². The molecular formula is C14H22N2O4S. The normalized spacial score (nSPS) is 13.2. The Labute approximate surface area is 125 Å². The Morgan fingerprint density at radius 1 is 1.33 bits per heavy atom. The Bertz CT molecular complexity index is 611. The summed E-state index contributed by atoms with van der Waals surface area (Å²) in [7, 11) is -2.35. The third kappa shape index (κ3) is 4.80. The molecule has 0 heterocycles. The molecule has 118 valence electrons. The van der Waals surface area contributed by atoms with Gasteiger partial charge in [-0.2, -0.15) is 4.31 Å². The van der Waals surface area contributed by atoms with Gasteiger partial charge in [0.25, 0.3) is 0 Å². The van der Waals surface area contributed by atoms with E-state index < -0.39 is 22.0 Å². The molecule has 1 unspecified atom stereocenters. The monoisotopic (exact) mass is 314 g/mol. The molecule has 21 heavy (non-hydrogen) atoms. The minimum atomic E-state index is -3.70. The zero-order valence-corrected chi connectivity index (χ0v) is 13.6. The molecule has 1 amide bonds. The highest BCUT2D eigenvalue weighted by Crippen LogP contribution is 2.17. The van der Waals surface area contributed by atoms with Crippen LogP contribution < -0.4 is 5.32 Å². The quantitative estimate of drug-likeness (QED) is 0.797. The van der Waals surface area contributed by atoms with Crippen LogP contribution in [-0.4, -0.2) is 50.0 Å². The highest BCUT2D eigenvalue weighted by Gasteiger charge is 2.23. The van der Waals surface area contributed by atoms with Crippen molar-refractivity contribution in [3.63, 3.8) is 0 Å². The van der Waals surface area contributed by atoms with E-state index in [4.69, 9.17) is 5.11 Å². The molecule has 0 saturated heterocycles. The van der Waals surface area contributed by atoms with Gasteiger partial charge in [-0.05, 0) is 44.0 Å². The van der Waals surface area contributed by atoms with Crippen LogP contribution >= 0.6 is 0 Å². The summed E-state index contributed by atoms with van der Waals surface area (Å²) in [5.74, 6) is -0.453. The number of rotatable bonds is 6. The van der Waals surface area contributed by atoms with Gasteiger partial charge in [0.2, 0.25) is 15.9 Å². The van der Waals surface area contributed by atoms with E-state index in [0.29, 0.717) is 0 Å². The minimum absolute atomic E-state index is 0.0936. The second kappa shape index (κ2) is 7.02. The number of amides is 1. The number of aliphatic hydroxyl groups is 1. The molecule has 1 aromatic rings. The first kappa shape index (κ1) is 17.6. The van der Waals surface area contributed by atoms with Crippen molar-refractivity contribution in [2.45, 2.75) is 31.8 Å². The fourth-order valence-electron chi connectivity index (χ4n) is 1.66. The van der Waals surface area contributed by atoms with E-state index in [1.165, 1.54) is 20.0 Å². The van der Waals surface area contributed by atoms with Crippen molar-refractivity contribution in [2.75, 3.05) is 20.1 Å². The maximum Gasteiger partial charge on any atom is 0.243 e. The molecular weight excluding hydrogens is 292 g/mol. The number of benzene rings is 1. The van der Waals surface area contributed by atoms with Crippen LogP contribution in [0.3, 0.4) is 0 Å². The Morgan fingerprint density at radius 3 is 2.48 bits per heavy atom. The largest absolute Gasteiger partial charge is 0.392 e. The van der Waals surface area contributed by atoms with Crippen LogP contribution in [0.25, 0.3) is 0 Å². The van der Waals surface area contributed by atoms with Crippen molar-refractivity contribution in [3.8, 4) is 0 Å². The molecule has 0 aliphatic heterocycles. The highest BCUT2D eigenvalue weighted by atomic mass is 32.2. The van der Waals surface area contributed by atoms with Gasteiger partial charge in [-0.1, -0.05) is 6.07 Å². The van der Waals surface area contributed by atoms with Gasteiger partial charge in [0.05, 0.1) is 17.5 Å². The summed E-state index contributed by atoms with van der Waals surface area (Å²) < 4.78 is 25.7. The molecule has 1 aromatic carbocycles. The molecule has 0 aromatic heterocycles. The van der Waals surface area contributed by atoms with Crippen molar-refractivity contribution < 1.29 is 18.3 Å². The molecule has 2 N–H and O–H groups in total. The predicted molar refractivity (Wildman–Crippen MR) is 80.4 cm³/mol. The van der Waals surface area contributed by atoms with Crippen molar-refractivity contribution in [1.29, 1.82) is 0 Å². The molecule has 0 spiro atoms. The third-order valence-electron chi connectivity index (χ3n) is 3.15. The SMILES string of the molecule is Cc1ccc(S(=O)(=O)N(C)CC(=O)NCC(C)O)cc1C. The van der Waals surface area contributed by atoms with Gasteiger partial charge in [0.1, 0.15) is 0 Å². The number of hydrogen-bond acceptors (Lipinski definition) is 4. The molecule has 7 heteroatoms. The van der Waals surface area contributed by atoms with Gasteiger partial charge in [0, 0.05) is 13.6 Å². The van der Waals surface area contributed by atoms with Crippen LogP contribution in [0.4, 0.5) is 0 Å². The van der Waals surface area contributed by atoms with Crippen LogP contribution in [0.1, 0.15) is 18.1 Å². The zero-order valence-electron chi connectivity index (χ0n) is 12.8. The van der Waals surface area contributed by atoms with E-state index in [1.807, 2.05) is 13.8 Å². The summed E-state index contributed by atoms with van der Waals surface area (Å²) >= 11 is 0. The standard InChI is InChI=1S/C14H22N2O4S/c1-10-5-6-13(7-11(10)2)21(19,20)16(4)9-14(18)15-8-12(3)17/h5-7,12,17H,8-9H2,1-4H3,(H,15,18). The van der Waals surface area contributed by atoms with Gasteiger partial charge in [0.15, 0.2) is 0 Å². The van der Waals surface area contributed by atoms with Crippen molar-refractivity contribution in [2.24, 2.45) is 0 Å². The van der Waals surface area contributed by atoms with E-state index >= 15 is 0 Å². The molecule has 1 atom stereocenters. The summed E-state index contributed by atoms with van der Waals surface area (Å²) in [4.78, 5) is 11.8. The van der Waals surface area contributed by atoms with E-state index in [9.17, 15) is 13.2 Å². The number of sulfonamides is 1. The molecule has 0 fully saturated rings. The number of likely N-dealkylation sites (N-methyl/N-ethyl adjacent to an activating group) is 1. The number of carbonyl (C=O) groups is 1. The number of nitrogens with zero attached hydrogens (tertiary/aromatic N) is 1. The number of aliphatic hydroxyl groups excluding tert-OH is 1. The fourth-order valence-corrected chi connectivity index (χ4v) is 2.87. The fraction of sp³-hybridized carbons (Fsp3) is 0.500. The van der Waals surface area contributed by atoms with Crippen LogP contribution in [0.2, 0.25) is 0 Å². The minimum Gasteiger partial charge on any atom is -0.392 e. The molecule has 0 radical (unpaired) electrons. The van der Waals surface area contributed by atoms with Gasteiger partial charge in [-0.25, -0.2) is 8.42 Å². The smallest absolute Gasteiger partial charge is 0.243 e. The van der Waals surface area contributed by atoms with Crippen molar-refractivity contribution >= 4 is 15.9 Å². The first-order valence-electron chi connectivity index (χ1n) is 6.63. The van der Waals surface area contributed by atoms with Gasteiger partial charge < -0.3 is 10.4 Å².